The zero-order valence-electron chi connectivity index (χ0n) is 11.8. The Labute approximate surface area is 126 Å². The van der Waals surface area contributed by atoms with Crippen LogP contribution in [0.5, 0.6) is 11.5 Å². The van der Waals surface area contributed by atoms with E-state index in [4.69, 9.17) is 9.47 Å². The smallest absolute Gasteiger partial charge is 0.264 e. The standard InChI is InChI=1S/C14H13F2NO4S/c1-20-11-7-6-9(8-12(11)21-2)17-22(18,19)13-5-3-4-10(15)14(13)16/h3-8,17H,1-2H3. The van der Waals surface area contributed by atoms with Crippen LogP contribution >= 0.6 is 0 Å². The zero-order valence-corrected chi connectivity index (χ0v) is 12.6. The summed E-state index contributed by atoms with van der Waals surface area (Å²) in [6.07, 6.45) is 0. The van der Waals surface area contributed by atoms with E-state index in [0.29, 0.717) is 11.5 Å². The zero-order chi connectivity index (χ0) is 16.3. The van der Waals surface area contributed by atoms with Gasteiger partial charge in [0, 0.05) is 6.07 Å². The minimum atomic E-state index is -4.27. The third-order valence-corrected chi connectivity index (χ3v) is 4.24. The molecule has 2 rings (SSSR count). The summed E-state index contributed by atoms with van der Waals surface area (Å²) in [7, 11) is -1.45. The van der Waals surface area contributed by atoms with Crippen molar-refractivity contribution < 1.29 is 26.7 Å². The monoisotopic (exact) mass is 329 g/mol. The van der Waals surface area contributed by atoms with Gasteiger partial charge < -0.3 is 9.47 Å². The number of halogens is 2. The van der Waals surface area contributed by atoms with Crippen LogP contribution in [0, 0.1) is 11.6 Å². The van der Waals surface area contributed by atoms with Gasteiger partial charge >= 0.3 is 0 Å². The van der Waals surface area contributed by atoms with Crippen molar-refractivity contribution in [2.24, 2.45) is 0 Å². The number of ether oxygens (including phenoxy) is 2. The Morgan fingerprint density at radius 3 is 2.32 bits per heavy atom. The predicted octanol–water partition coefficient (Wildman–Crippen LogP) is 2.78. The van der Waals surface area contributed by atoms with Crippen LogP contribution in [0.2, 0.25) is 0 Å². The van der Waals surface area contributed by atoms with Gasteiger partial charge in [0.25, 0.3) is 10.0 Å². The fourth-order valence-corrected chi connectivity index (χ4v) is 2.94. The summed E-state index contributed by atoms with van der Waals surface area (Å²) in [6.45, 7) is 0. The van der Waals surface area contributed by atoms with Crippen LogP contribution in [-0.2, 0) is 10.0 Å². The Balaban J connectivity index is 2.39. The summed E-state index contributed by atoms with van der Waals surface area (Å²) < 4.78 is 63.3. The third-order valence-electron chi connectivity index (χ3n) is 2.84. The maximum atomic E-state index is 13.6. The molecule has 1 N–H and O–H groups in total. The number of methoxy groups -OCH3 is 2. The number of anilines is 1. The molecule has 0 fully saturated rings. The summed E-state index contributed by atoms with van der Waals surface area (Å²) in [5.74, 6) is -1.98. The first-order chi connectivity index (χ1) is 10.4. The summed E-state index contributed by atoms with van der Waals surface area (Å²) in [4.78, 5) is -0.776. The van der Waals surface area contributed by atoms with Crippen molar-refractivity contribution in [1.29, 1.82) is 0 Å². The molecule has 0 heterocycles. The molecule has 0 saturated carbocycles. The molecule has 0 aromatic heterocycles. The molecular formula is C14H13F2NO4S. The van der Waals surface area contributed by atoms with Gasteiger partial charge in [-0.05, 0) is 24.3 Å². The SMILES string of the molecule is COc1ccc(NS(=O)(=O)c2cccc(F)c2F)cc1OC. The molecule has 8 heteroatoms. The van der Waals surface area contributed by atoms with E-state index in [0.717, 1.165) is 18.2 Å². The highest BCUT2D eigenvalue weighted by Gasteiger charge is 2.22. The van der Waals surface area contributed by atoms with E-state index < -0.39 is 26.6 Å². The lowest BCUT2D eigenvalue weighted by Crippen LogP contribution is -2.15. The molecule has 0 saturated heterocycles. The van der Waals surface area contributed by atoms with Gasteiger partial charge in [0.15, 0.2) is 23.1 Å². The first-order valence-electron chi connectivity index (χ1n) is 6.08. The normalized spacial score (nSPS) is 11.1. The maximum Gasteiger partial charge on any atom is 0.264 e. The largest absolute Gasteiger partial charge is 0.493 e. The summed E-state index contributed by atoms with van der Waals surface area (Å²) in [5, 5.41) is 0. The van der Waals surface area contributed by atoms with Crippen LogP contribution in [0.3, 0.4) is 0 Å². The lowest BCUT2D eigenvalue weighted by Gasteiger charge is -2.12. The number of sulfonamides is 1. The second-order valence-electron chi connectivity index (χ2n) is 4.23. The molecule has 118 valence electrons. The van der Waals surface area contributed by atoms with Gasteiger partial charge in [0.2, 0.25) is 0 Å². The summed E-state index contributed by atoms with van der Waals surface area (Å²) >= 11 is 0. The number of hydrogen-bond acceptors (Lipinski definition) is 4. The minimum absolute atomic E-state index is 0.126. The molecule has 0 aliphatic rings. The molecular weight excluding hydrogens is 316 g/mol. The van der Waals surface area contributed by atoms with Crippen LogP contribution < -0.4 is 14.2 Å². The van der Waals surface area contributed by atoms with E-state index in [1.165, 1.54) is 32.4 Å². The van der Waals surface area contributed by atoms with Crippen LogP contribution in [0.4, 0.5) is 14.5 Å². The second kappa shape index (κ2) is 6.18. The molecule has 0 bridgehead atoms. The lowest BCUT2D eigenvalue weighted by molar-refractivity contribution is 0.355. The molecule has 5 nitrogen and oxygen atoms in total. The number of nitrogens with one attached hydrogen (secondary N) is 1. The van der Waals surface area contributed by atoms with Crippen LogP contribution in [0.1, 0.15) is 0 Å². The molecule has 0 atom stereocenters. The highest BCUT2D eigenvalue weighted by molar-refractivity contribution is 7.92. The number of hydrogen-bond donors (Lipinski definition) is 1. The van der Waals surface area contributed by atoms with Crippen molar-refractivity contribution in [2.45, 2.75) is 4.90 Å². The Morgan fingerprint density at radius 2 is 1.68 bits per heavy atom. The number of benzene rings is 2. The van der Waals surface area contributed by atoms with Gasteiger partial charge in [-0.1, -0.05) is 6.07 Å². The molecule has 0 radical (unpaired) electrons. The quantitative estimate of drug-likeness (QED) is 0.916. The van der Waals surface area contributed by atoms with E-state index in [9.17, 15) is 17.2 Å². The Morgan fingerprint density at radius 1 is 1.00 bits per heavy atom. The van der Waals surface area contributed by atoms with Crippen molar-refractivity contribution in [3.05, 3.63) is 48.0 Å². The molecule has 0 aliphatic heterocycles. The molecule has 2 aromatic carbocycles. The first kappa shape index (κ1) is 16.0. The van der Waals surface area contributed by atoms with Crippen molar-refractivity contribution in [1.82, 2.24) is 0 Å². The first-order valence-corrected chi connectivity index (χ1v) is 7.56. The third kappa shape index (κ3) is 3.11. The van der Waals surface area contributed by atoms with Crippen LogP contribution in [0.15, 0.2) is 41.3 Å². The highest BCUT2D eigenvalue weighted by Crippen LogP contribution is 2.31. The molecule has 0 aliphatic carbocycles. The highest BCUT2D eigenvalue weighted by atomic mass is 32.2. The van der Waals surface area contributed by atoms with E-state index in [2.05, 4.69) is 4.72 Å². The predicted molar refractivity (Wildman–Crippen MR) is 76.7 cm³/mol. The molecule has 0 spiro atoms. The van der Waals surface area contributed by atoms with Crippen molar-refractivity contribution in [2.75, 3.05) is 18.9 Å². The van der Waals surface area contributed by atoms with Gasteiger partial charge in [0.05, 0.1) is 19.9 Å². The van der Waals surface area contributed by atoms with E-state index in [1.54, 1.807) is 0 Å². The van der Waals surface area contributed by atoms with Gasteiger partial charge in [-0.15, -0.1) is 0 Å². The Bertz CT molecular complexity index is 793. The van der Waals surface area contributed by atoms with E-state index in [-0.39, 0.29) is 5.69 Å². The second-order valence-corrected chi connectivity index (χ2v) is 5.88. The Kier molecular flexibility index (Phi) is 4.51. The van der Waals surface area contributed by atoms with E-state index >= 15 is 0 Å². The molecule has 0 amide bonds. The van der Waals surface area contributed by atoms with Crippen molar-refractivity contribution in [3.63, 3.8) is 0 Å². The maximum absolute atomic E-state index is 13.6. The van der Waals surface area contributed by atoms with Gasteiger partial charge in [-0.3, -0.25) is 4.72 Å². The fraction of sp³-hybridized carbons (Fsp3) is 0.143. The molecule has 22 heavy (non-hydrogen) atoms. The van der Waals surface area contributed by atoms with Crippen LogP contribution in [-0.4, -0.2) is 22.6 Å². The summed E-state index contributed by atoms with van der Waals surface area (Å²) in [6, 6.07) is 7.19. The molecule has 2 aromatic rings. The topological polar surface area (TPSA) is 64.6 Å². The van der Waals surface area contributed by atoms with Crippen molar-refractivity contribution in [3.8, 4) is 11.5 Å². The van der Waals surface area contributed by atoms with E-state index in [1.807, 2.05) is 0 Å². The van der Waals surface area contributed by atoms with Crippen molar-refractivity contribution >= 4 is 15.7 Å². The van der Waals surface area contributed by atoms with Gasteiger partial charge in [0.1, 0.15) is 4.90 Å². The number of rotatable bonds is 5. The van der Waals surface area contributed by atoms with Gasteiger partial charge in [-0.25, -0.2) is 17.2 Å². The average Bonchev–Trinajstić information content (AvgIpc) is 2.49. The Hall–Kier alpha value is -2.35. The fourth-order valence-electron chi connectivity index (χ4n) is 1.80. The average molecular weight is 329 g/mol. The minimum Gasteiger partial charge on any atom is -0.493 e. The molecule has 0 unspecified atom stereocenters. The van der Waals surface area contributed by atoms with Gasteiger partial charge in [-0.2, -0.15) is 0 Å². The lowest BCUT2D eigenvalue weighted by atomic mass is 10.3. The summed E-state index contributed by atoms with van der Waals surface area (Å²) in [5.41, 5.74) is 0.126. The van der Waals surface area contributed by atoms with Crippen LogP contribution in [0.25, 0.3) is 0 Å².